The third kappa shape index (κ3) is 3.97. The average molecular weight is 343 g/mol. The first-order valence-electron chi connectivity index (χ1n) is 8.36. The van der Waals surface area contributed by atoms with Crippen molar-refractivity contribution in [1.29, 1.82) is 0 Å². The molecule has 0 aliphatic carbocycles. The molecule has 0 bridgehead atoms. The maximum absolute atomic E-state index is 12.7. The highest BCUT2D eigenvalue weighted by molar-refractivity contribution is 6.30. The van der Waals surface area contributed by atoms with Gasteiger partial charge in [0.05, 0.1) is 0 Å². The number of hydrogen-bond acceptors (Lipinski definition) is 2. The first-order chi connectivity index (χ1) is 11.5. The van der Waals surface area contributed by atoms with E-state index in [-0.39, 0.29) is 5.91 Å². The lowest BCUT2D eigenvalue weighted by Crippen LogP contribution is -2.48. The summed E-state index contributed by atoms with van der Waals surface area (Å²) in [6, 6.07) is 13.9. The highest BCUT2D eigenvalue weighted by Crippen LogP contribution is 2.16. The molecule has 0 unspecified atom stereocenters. The van der Waals surface area contributed by atoms with Crippen molar-refractivity contribution in [2.75, 3.05) is 26.2 Å². The fourth-order valence-electron chi connectivity index (χ4n) is 3.01. The van der Waals surface area contributed by atoms with Crippen LogP contribution >= 0.6 is 11.6 Å². The maximum atomic E-state index is 12.7. The fourth-order valence-corrected chi connectivity index (χ4v) is 3.14. The minimum atomic E-state index is 0.143. The number of benzene rings is 2. The highest BCUT2D eigenvalue weighted by Gasteiger charge is 2.22. The van der Waals surface area contributed by atoms with Crippen LogP contribution in [0, 0.1) is 13.8 Å². The average Bonchev–Trinajstić information content (AvgIpc) is 2.59. The Labute approximate surface area is 148 Å². The number of amides is 1. The van der Waals surface area contributed by atoms with E-state index in [1.54, 1.807) is 0 Å². The van der Waals surface area contributed by atoms with E-state index in [0.717, 1.165) is 43.3 Å². The molecule has 1 amide bonds. The van der Waals surface area contributed by atoms with E-state index in [4.69, 9.17) is 11.6 Å². The van der Waals surface area contributed by atoms with E-state index in [9.17, 15) is 4.79 Å². The van der Waals surface area contributed by atoms with Crippen molar-refractivity contribution in [3.8, 4) is 0 Å². The number of aryl methyl sites for hydroxylation is 2. The minimum Gasteiger partial charge on any atom is -0.336 e. The predicted molar refractivity (Wildman–Crippen MR) is 98.5 cm³/mol. The summed E-state index contributed by atoms with van der Waals surface area (Å²) in [5, 5.41) is 0.766. The Bertz CT molecular complexity index is 719. The largest absolute Gasteiger partial charge is 0.336 e. The highest BCUT2D eigenvalue weighted by atomic mass is 35.5. The summed E-state index contributed by atoms with van der Waals surface area (Å²) in [6.45, 7) is 8.38. The molecular weight excluding hydrogens is 320 g/mol. The zero-order valence-electron chi connectivity index (χ0n) is 14.3. The summed E-state index contributed by atoms with van der Waals surface area (Å²) in [4.78, 5) is 17.0. The van der Waals surface area contributed by atoms with Gasteiger partial charge in [-0.2, -0.15) is 0 Å². The van der Waals surface area contributed by atoms with Crippen LogP contribution in [0.3, 0.4) is 0 Å². The van der Waals surface area contributed by atoms with Crippen LogP contribution in [0.1, 0.15) is 27.0 Å². The molecule has 1 fully saturated rings. The van der Waals surface area contributed by atoms with Crippen molar-refractivity contribution in [2.24, 2.45) is 0 Å². The van der Waals surface area contributed by atoms with Crippen LogP contribution in [0.25, 0.3) is 0 Å². The fraction of sp³-hybridized carbons (Fsp3) is 0.350. The molecule has 1 heterocycles. The maximum Gasteiger partial charge on any atom is 0.253 e. The second-order valence-corrected chi connectivity index (χ2v) is 6.93. The Morgan fingerprint density at radius 3 is 2.25 bits per heavy atom. The van der Waals surface area contributed by atoms with E-state index in [1.165, 1.54) is 16.7 Å². The molecule has 2 aromatic carbocycles. The minimum absolute atomic E-state index is 0.143. The van der Waals surface area contributed by atoms with Crippen LogP contribution in [0.15, 0.2) is 42.5 Å². The molecule has 0 N–H and O–H groups in total. The number of halogens is 1. The first-order valence-corrected chi connectivity index (χ1v) is 8.74. The monoisotopic (exact) mass is 342 g/mol. The lowest BCUT2D eigenvalue weighted by Gasteiger charge is -2.35. The van der Waals surface area contributed by atoms with Crippen LogP contribution in [-0.4, -0.2) is 41.9 Å². The number of carbonyl (C=O) groups excluding carboxylic acids is 1. The smallest absolute Gasteiger partial charge is 0.253 e. The molecule has 2 aromatic rings. The summed E-state index contributed by atoms with van der Waals surface area (Å²) in [5.41, 5.74) is 4.44. The van der Waals surface area contributed by atoms with Gasteiger partial charge in [0.15, 0.2) is 0 Å². The molecule has 0 atom stereocenters. The van der Waals surface area contributed by atoms with Crippen LogP contribution in [-0.2, 0) is 6.54 Å². The van der Waals surface area contributed by atoms with Gasteiger partial charge in [-0.25, -0.2) is 0 Å². The summed E-state index contributed by atoms with van der Waals surface area (Å²) in [7, 11) is 0. The second kappa shape index (κ2) is 7.37. The molecule has 24 heavy (non-hydrogen) atoms. The lowest BCUT2D eigenvalue weighted by atomic mass is 10.1. The Morgan fingerprint density at radius 2 is 1.62 bits per heavy atom. The molecule has 0 aromatic heterocycles. The molecule has 0 saturated carbocycles. The number of piperazine rings is 1. The van der Waals surface area contributed by atoms with Crippen LogP contribution in [0.4, 0.5) is 0 Å². The molecule has 1 saturated heterocycles. The number of rotatable bonds is 3. The van der Waals surface area contributed by atoms with Gasteiger partial charge in [0, 0.05) is 43.3 Å². The number of carbonyl (C=O) groups is 1. The summed E-state index contributed by atoms with van der Waals surface area (Å²) in [5.74, 6) is 0.143. The third-order valence-corrected chi connectivity index (χ3v) is 4.98. The zero-order valence-corrected chi connectivity index (χ0v) is 15.0. The van der Waals surface area contributed by atoms with E-state index < -0.39 is 0 Å². The Hall–Kier alpha value is -1.84. The third-order valence-electron chi connectivity index (χ3n) is 4.73. The van der Waals surface area contributed by atoms with Crippen LogP contribution < -0.4 is 0 Å². The van der Waals surface area contributed by atoms with Crippen molar-refractivity contribution >= 4 is 17.5 Å². The molecule has 0 radical (unpaired) electrons. The molecule has 1 aliphatic rings. The predicted octanol–water partition coefficient (Wildman–Crippen LogP) is 3.91. The molecule has 3 rings (SSSR count). The van der Waals surface area contributed by atoms with E-state index in [0.29, 0.717) is 0 Å². The van der Waals surface area contributed by atoms with Crippen LogP contribution in [0.2, 0.25) is 5.02 Å². The summed E-state index contributed by atoms with van der Waals surface area (Å²) in [6.07, 6.45) is 0. The summed E-state index contributed by atoms with van der Waals surface area (Å²) >= 11 is 5.93. The van der Waals surface area contributed by atoms with E-state index in [1.807, 2.05) is 35.2 Å². The van der Waals surface area contributed by atoms with Gasteiger partial charge in [-0.3, -0.25) is 9.69 Å². The van der Waals surface area contributed by atoms with E-state index in [2.05, 4.69) is 30.9 Å². The molecule has 0 spiro atoms. The zero-order chi connectivity index (χ0) is 17.1. The van der Waals surface area contributed by atoms with Gasteiger partial charge in [-0.1, -0.05) is 29.8 Å². The van der Waals surface area contributed by atoms with Crippen molar-refractivity contribution < 1.29 is 4.79 Å². The molecule has 1 aliphatic heterocycles. The molecule has 4 heteroatoms. The second-order valence-electron chi connectivity index (χ2n) is 6.49. The van der Waals surface area contributed by atoms with Crippen molar-refractivity contribution in [1.82, 2.24) is 9.80 Å². The van der Waals surface area contributed by atoms with Gasteiger partial charge in [-0.05, 0) is 54.8 Å². The van der Waals surface area contributed by atoms with Gasteiger partial charge in [0.2, 0.25) is 0 Å². The van der Waals surface area contributed by atoms with Crippen molar-refractivity contribution in [2.45, 2.75) is 20.4 Å². The lowest BCUT2D eigenvalue weighted by molar-refractivity contribution is 0.0628. The Kier molecular flexibility index (Phi) is 5.22. The SMILES string of the molecule is Cc1ccc(C(=O)N2CCN(Cc3ccc(Cl)cc3)CC2)cc1C. The molecule has 3 nitrogen and oxygen atoms in total. The van der Waals surface area contributed by atoms with Gasteiger partial charge in [-0.15, -0.1) is 0 Å². The topological polar surface area (TPSA) is 23.6 Å². The van der Waals surface area contributed by atoms with Gasteiger partial charge >= 0.3 is 0 Å². The standard InChI is InChI=1S/C20H23ClN2O/c1-15-3-6-18(13-16(15)2)20(24)23-11-9-22(10-12-23)14-17-4-7-19(21)8-5-17/h3-8,13H,9-12,14H2,1-2H3. The number of hydrogen-bond donors (Lipinski definition) is 0. The Balaban J connectivity index is 1.57. The van der Waals surface area contributed by atoms with Crippen molar-refractivity contribution in [3.05, 3.63) is 69.7 Å². The van der Waals surface area contributed by atoms with E-state index >= 15 is 0 Å². The normalized spacial score (nSPS) is 15.5. The summed E-state index contributed by atoms with van der Waals surface area (Å²) < 4.78 is 0. The van der Waals surface area contributed by atoms with Gasteiger partial charge in [0.1, 0.15) is 0 Å². The van der Waals surface area contributed by atoms with Gasteiger partial charge in [0.25, 0.3) is 5.91 Å². The van der Waals surface area contributed by atoms with Crippen LogP contribution in [0.5, 0.6) is 0 Å². The first kappa shape index (κ1) is 17.0. The molecule has 126 valence electrons. The van der Waals surface area contributed by atoms with Crippen molar-refractivity contribution in [3.63, 3.8) is 0 Å². The Morgan fingerprint density at radius 1 is 0.958 bits per heavy atom. The van der Waals surface area contributed by atoms with Gasteiger partial charge < -0.3 is 4.90 Å². The molecular formula is C20H23ClN2O. The number of nitrogens with zero attached hydrogens (tertiary/aromatic N) is 2. The quantitative estimate of drug-likeness (QED) is 0.844.